The van der Waals surface area contributed by atoms with Gasteiger partial charge in [0.25, 0.3) is 0 Å². The largest absolute Gasteiger partial charge is 0.385 e. The smallest absolute Gasteiger partial charge is 0.224 e. The highest BCUT2D eigenvalue weighted by atomic mass is 16.2. The van der Waals surface area contributed by atoms with E-state index in [9.17, 15) is 4.79 Å². The monoisotopic (exact) mass is 365 g/mol. The van der Waals surface area contributed by atoms with E-state index < -0.39 is 0 Å². The third kappa shape index (κ3) is 5.75. The predicted octanol–water partition coefficient (Wildman–Crippen LogP) is 4.53. The Morgan fingerprint density at radius 2 is 1.70 bits per heavy atom. The summed E-state index contributed by atoms with van der Waals surface area (Å²) < 4.78 is 0. The molecule has 1 aliphatic heterocycles. The molecule has 0 radical (unpaired) electrons. The lowest BCUT2D eigenvalue weighted by Crippen LogP contribution is -2.31. The molecule has 0 bridgehead atoms. The van der Waals surface area contributed by atoms with Crippen LogP contribution < -0.4 is 10.2 Å². The average molecular weight is 366 g/mol. The Labute approximate surface area is 163 Å². The predicted molar refractivity (Wildman–Crippen MR) is 113 cm³/mol. The maximum Gasteiger partial charge on any atom is 0.224 e. The minimum atomic E-state index is 0.193. The molecule has 4 heteroatoms. The lowest BCUT2D eigenvalue weighted by molar-refractivity contribution is -0.131. The number of anilines is 2. The van der Waals surface area contributed by atoms with E-state index in [0.717, 1.165) is 25.3 Å². The van der Waals surface area contributed by atoms with Crippen LogP contribution >= 0.6 is 0 Å². The van der Waals surface area contributed by atoms with Gasteiger partial charge in [-0.05, 0) is 56.0 Å². The molecule has 0 atom stereocenters. The van der Waals surface area contributed by atoms with Crippen LogP contribution in [-0.4, -0.2) is 37.0 Å². The Bertz CT molecular complexity index is 693. The summed E-state index contributed by atoms with van der Waals surface area (Å²) in [4.78, 5) is 16.9. The van der Waals surface area contributed by atoms with Crippen molar-refractivity contribution in [2.75, 3.05) is 36.4 Å². The normalized spacial score (nSPS) is 14.0. The standard InChI is InChI=1S/C23H31N3O/c1-2-25(19-20-9-5-3-6-10-20)23(27)15-16-24-21-11-13-22(14-12-21)26-17-7-4-8-18-26/h3,5-6,9-14,24H,2,4,7-8,15-19H2,1H3. The number of nitrogens with zero attached hydrogens (tertiary/aromatic N) is 2. The molecular weight excluding hydrogens is 334 g/mol. The second-order valence-electron chi connectivity index (χ2n) is 7.16. The molecule has 0 unspecified atom stereocenters. The zero-order valence-corrected chi connectivity index (χ0v) is 16.4. The fourth-order valence-electron chi connectivity index (χ4n) is 3.59. The van der Waals surface area contributed by atoms with E-state index in [-0.39, 0.29) is 5.91 Å². The second kappa shape index (κ2) is 10.0. The number of hydrogen-bond donors (Lipinski definition) is 1. The highest BCUT2D eigenvalue weighted by Gasteiger charge is 2.12. The Hall–Kier alpha value is -2.49. The van der Waals surface area contributed by atoms with Gasteiger partial charge < -0.3 is 15.1 Å². The fourth-order valence-corrected chi connectivity index (χ4v) is 3.59. The Morgan fingerprint density at radius 1 is 1.00 bits per heavy atom. The Balaban J connectivity index is 1.44. The molecule has 3 rings (SSSR count). The summed E-state index contributed by atoms with van der Waals surface area (Å²) in [7, 11) is 0. The van der Waals surface area contributed by atoms with Gasteiger partial charge in [0.15, 0.2) is 0 Å². The summed E-state index contributed by atoms with van der Waals surface area (Å²) in [6.07, 6.45) is 4.44. The zero-order chi connectivity index (χ0) is 18.9. The van der Waals surface area contributed by atoms with Crippen LogP contribution in [-0.2, 0) is 11.3 Å². The molecule has 144 valence electrons. The van der Waals surface area contributed by atoms with Crippen molar-refractivity contribution < 1.29 is 4.79 Å². The molecule has 1 aliphatic rings. The maximum absolute atomic E-state index is 12.5. The number of amides is 1. The molecular formula is C23H31N3O. The van der Waals surface area contributed by atoms with E-state index in [1.165, 1.54) is 30.5 Å². The minimum absolute atomic E-state index is 0.193. The van der Waals surface area contributed by atoms with Gasteiger partial charge in [-0.2, -0.15) is 0 Å². The van der Waals surface area contributed by atoms with Crippen LogP contribution in [0.5, 0.6) is 0 Å². The van der Waals surface area contributed by atoms with Gasteiger partial charge in [-0.15, -0.1) is 0 Å². The van der Waals surface area contributed by atoms with Crippen molar-refractivity contribution in [1.82, 2.24) is 4.90 Å². The first-order valence-electron chi connectivity index (χ1n) is 10.2. The molecule has 1 amide bonds. The van der Waals surface area contributed by atoms with Crippen molar-refractivity contribution >= 4 is 17.3 Å². The number of nitrogens with one attached hydrogen (secondary N) is 1. The molecule has 2 aromatic rings. The third-order valence-electron chi connectivity index (χ3n) is 5.21. The summed E-state index contributed by atoms with van der Waals surface area (Å²) in [6, 6.07) is 18.8. The first-order valence-corrected chi connectivity index (χ1v) is 10.2. The number of carbonyl (C=O) groups is 1. The van der Waals surface area contributed by atoms with Gasteiger partial charge >= 0.3 is 0 Å². The average Bonchev–Trinajstić information content (AvgIpc) is 2.74. The summed E-state index contributed by atoms with van der Waals surface area (Å²) in [5.74, 6) is 0.193. The van der Waals surface area contributed by atoms with Crippen LogP contribution in [0.3, 0.4) is 0 Å². The summed E-state index contributed by atoms with van der Waals surface area (Å²) in [5.41, 5.74) is 3.56. The van der Waals surface area contributed by atoms with E-state index >= 15 is 0 Å². The molecule has 1 N–H and O–H groups in total. The summed E-state index contributed by atoms with van der Waals surface area (Å²) in [6.45, 7) is 6.44. The van der Waals surface area contributed by atoms with Crippen LogP contribution in [0.25, 0.3) is 0 Å². The van der Waals surface area contributed by atoms with Gasteiger partial charge in [-0.25, -0.2) is 0 Å². The van der Waals surface area contributed by atoms with Gasteiger partial charge in [0.1, 0.15) is 0 Å². The number of benzene rings is 2. The van der Waals surface area contributed by atoms with E-state index in [0.29, 0.717) is 19.5 Å². The van der Waals surface area contributed by atoms with Crippen LogP contribution in [0.4, 0.5) is 11.4 Å². The molecule has 1 heterocycles. The molecule has 4 nitrogen and oxygen atoms in total. The molecule has 1 saturated heterocycles. The van der Waals surface area contributed by atoms with Crippen molar-refractivity contribution in [1.29, 1.82) is 0 Å². The van der Waals surface area contributed by atoms with E-state index in [4.69, 9.17) is 0 Å². The maximum atomic E-state index is 12.5. The van der Waals surface area contributed by atoms with E-state index in [2.05, 4.69) is 46.6 Å². The summed E-state index contributed by atoms with van der Waals surface area (Å²) >= 11 is 0. The third-order valence-corrected chi connectivity index (χ3v) is 5.21. The van der Waals surface area contributed by atoms with Crippen molar-refractivity contribution in [3.8, 4) is 0 Å². The lowest BCUT2D eigenvalue weighted by atomic mass is 10.1. The van der Waals surface area contributed by atoms with Gasteiger partial charge in [-0.3, -0.25) is 4.79 Å². The fraction of sp³-hybridized carbons (Fsp3) is 0.435. The van der Waals surface area contributed by atoms with E-state index in [1.54, 1.807) is 0 Å². The van der Waals surface area contributed by atoms with Gasteiger partial charge in [0.05, 0.1) is 0 Å². The SMILES string of the molecule is CCN(Cc1ccccc1)C(=O)CCNc1ccc(N2CCCCC2)cc1. The molecule has 0 aliphatic carbocycles. The number of hydrogen-bond acceptors (Lipinski definition) is 3. The van der Waals surface area contributed by atoms with Gasteiger partial charge in [0.2, 0.25) is 5.91 Å². The molecule has 0 spiro atoms. The highest BCUT2D eigenvalue weighted by molar-refractivity contribution is 5.76. The lowest BCUT2D eigenvalue weighted by Gasteiger charge is -2.28. The highest BCUT2D eigenvalue weighted by Crippen LogP contribution is 2.21. The molecule has 1 fully saturated rings. The van der Waals surface area contributed by atoms with Crippen LogP contribution in [0.2, 0.25) is 0 Å². The van der Waals surface area contributed by atoms with Crippen molar-refractivity contribution in [3.63, 3.8) is 0 Å². The van der Waals surface area contributed by atoms with Gasteiger partial charge in [0, 0.05) is 50.5 Å². The molecule has 27 heavy (non-hydrogen) atoms. The van der Waals surface area contributed by atoms with Crippen LogP contribution in [0, 0.1) is 0 Å². The van der Waals surface area contributed by atoms with Crippen LogP contribution in [0.15, 0.2) is 54.6 Å². The topological polar surface area (TPSA) is 35.6 Å². The van der Waals surface area contributed by atoms with Crippen molar-refractivity contribution in [3.05, 3.63) is 60.2 Å². The molecule has 0 saturated carbocycles. The Morgan fingerprint density at radius 3 is 2.37 bits per heavy atom. The first-order chi connectivity index (χ1) is 13.3. The first kappa shape index (κ1) is 19.3. The number of rotatable bonds is 8. The number of carbonyl (C=O) groups excluding carboxylic acids is 1. The molecule has 0 aromatic heterocycles. The van der Waals surface area contributed by atoms with Crippen molar-refractivity contribution in [2.24, 2.45) is 0 Å². The van der Waals surface area contributed by atoms with E-state index in [1.807, 2.05) is 30.0 Å². The van der Waals surface area contributed by atoms with Crippen molar-refractivity contribution in [2.45, 2.75) is 39.2 Å². The minimum Gasteiger partial charge on any atom is -0.385 e. The quantitative estimate of drug-likeness (QED) is 0.747. The molecule has 2 aromatic carbocycles. The van der Waals surface area contributed by atoms with Gasteiger partial charge in [-0.1, -0.05) is 30.3 Å². The Kier molecular flexibility index (Phi) is 7.14. The summed E-state index contributed by atoms with van der Waals surface area (Å²) in [5, 5.41) is 3.38. The second-order valence-corrected chi connectivity index (χ2v) is 7.16. The van der Waals surface area contributed by atoms with Crippen LogP contribution in [0.1, 0.15) is 38.2 Å². The number of piperidine rings is 1. The zero-order valence-electron chi connectivity index (χ0n) is 16.4.